The van der Waals surface area contributed by atoms with Gasteiger partial charge in [-0.1, -0.05) is 20.8 Å². The van der Waals surface area contributed by atoms with Crippen LogP contribution in [0.2, 0.25) is 6.55 Å². The summed E-state index contributed by atoms with van der Waals surface area (Å²) in [5.74, 6) is -1.79. The second-order valence-electron chi connectivity index (χ2n) is 9.00. The van der Waals surface area contributed by atoms with Crippen LogP contribution in [0.5, 0.6) is 0 Å². The van der Waals surface area contributed by atoms with Crippen LogP contribution < -0.4 is 0 Å². The van der Waals surface area contributed by atoms with Gasteiger partial charge in [-0.2, -0.15) is 0 Å². The van der Waals surface area contributed by atoms with Gasteiger partial charge in [0.05, 0.1) is 0 Å². The highest BCUT2D eigenvalue weighted by molar-refractivity contribution is 6.77. The molecule has 0 heterocycles. The summed E-state index contributed by atoms with van der Waals surface area (Å²) in [7, 11) is -3.73. The fourth-order valence-electron chi connectivity index (χ4n) is 3.67. The third kappa shape index (κ3) is 5.70. The Labute approximate surface area is 194 Å². The smallest absolute Gasteiger partial charge is 0.380 e. The second kappa shape index (κ2) is 11.1. The van der Waals surface area contributed by atoms with Gasteiger partial charge in [-0.3, -0.25) is 14.4 Å². The zero-order valence-electron chi connectivity index (χ0n) is 21.7. The van der Waals surface area contributed by atoms with Crippen LogP contribution in [0.3, 0.4) is 0 Å². The van der Waals surface area contributed by atoms with Crippen molar-refractivity contribution in [2.45, 2.75) is 105 Å². The zero-order valence-corrected chi connectivity index (χ0v) is 22.7. The number of nitrogens with zero attached hydrogens (tertiary/aromatic N) is 3. The Morgan fingerprint density at radius 2 is 0.781 bits per heavy atom. The Balaban J connectivity index is 7.16. The lowest BCUT2D eigenvalue weighted by Gasteiger charge is -2.54. The number of amides is 3. The lowest BCUT2D eigenvalue weighted by atomic mass is 10.0. The molecule has 0 bridgehead atoms. The van der Waals surface area contributed by atoms with Gasteiger partial charge in [0.15, 0.2) is 0 Å². The first-order valence-corrected chi connectivity index (χ1v) is 14.0. The van der Waals surface area contributed by atoms with Crippen molar-refractivity contribution in [2.24, 2.45) is 0 Å². The SMILES string of the molecule is CCN(C(=O)C(C)(O)CC)[Si](C)(N(CC)C(=O)C(C)(O)CC)N(CC)C(=O)C(C)(O)CC. The first-order valence-electron chi connectivity index (χ1n) is 11.6. The molecule has 3 amide bonds. The Kier molecular flexibility index (Phi) is 10.6. The van der Waals surface area contributed by atoms with E-state index in [9.17, 15) is 29.7 Å². The maximum atomic E-state index is 13.5. The molecule has 3 atom stereocenters. The standard InChI is InChI=1S/C22H45N3O6Si/c1-11-20(7,29)17(26)23(14-4)32(10,24(15-5)18(27)21(8,30)12-2)25(16-6)19(28)22(9,31)13-3/h29-31H,11-16H2,1-10H3. The molecular weight excluding hydrogens is 430 g/mol. The molecule has 0 aliphatic carbocycles. The lowest BCUT2D eigenvalue weighted by Crippen LogP contribution is -2.80. The third-order valence-electron chi connectivity index (χ3n) is 6.67. The number of carbonyl (C=O) groups is 3. The average Bonchev–Trinajstić information content (AvgIpc) is 2.74. The van der Waals surface area contributed by atoms with Crippen molar-refractivity contribution >= 4 is 26.3 Å². The Hall–Kier alpha value is -1.49. The van der Waals surface area contributed by atoms with E-state index >= 15 is 0 Å². The number of carbonyl (C=O) groups excluding carboxylic acids is 3. The van der Waals surface area contributed by atoms with Crippen LogP contribution in [0, 0.1) is 0 Å². The number of hydrogen-bond acceptors (Lipinski definition) is 6. The van der Waals surface area contributed by atoms with Crippen LogP contribution in [0.25, 0.3) is 0 Å². The van der Waals surface area contributed by atoms with Gasteiger partial charge in [0.1, 0.15) is 16.8 Å². The molecule has 32 heavy (non-hydrogen) atoms. The highest BCUT2D eigenvalue weighted by atomic mass is 28.4. The van der Waals surface area contributed by atoms with Gasteiger partial charge in [-0.05, 0) is 67.4 Å². The van der Waals surface area contributed by atoms with Gasteiger partial charge in [0, 0.05) is 19.6 Å². The maximum Gasteiger partial charge on any atom is 0.383 e. The van der Waals surface area contributed by atoms with Gasteiger partial charge in [-0.25, -0.2) is 0 Å². The Bertz CT molecular complexity index is 592. The molecule has 0 saturated carbocycles. The highest BCUT2D eigenvalue weighted by Crippen LogP contribution is 2.30. The number of rotatable bonds is 12. The molecule has 10 heteroatoms. The van der Waals surface area contributed by atoms with Crippen molar-refractivity contribution < 1.29 is 29.7 Å². The topological polar surface area (TPSA) is 122 Å². The molecule has 3 N–H and O–H groups in total. The lowest BCUT2D eigenvalue weighted by molar-refractivity contribution is -0.152. The summed E-state index contributed by atoms with van der Waals surface area (Å²) in [5.41, 5.74) is -5.10. The first-order chi connectivity index (χ1) is 14.5. The van der Waals surface area contributed by atoms with Gasteiger partial charge in [-0.15, -0.1) is 0 Å². The van der Waals surface area contributed by atoms with Crippen molar-refractivity contribution in [1.82, 2.24) is 13.7 Å². The van der Waals surface area contributed by atoms with E-state index in [2.05, 4.69) is 0 Å². The highest BCUT2D eigenvalue weighted by Gasteiger charge is 2.58. The predicted molar refractivity (Wildman–Crippen MR) is 127 cm³/mol. The summed E-state index contributed by atoms with van der Waals surface area (Å²) in [5, 5.41) is 32.3. The monoisotopic (exact) mass is 475 g/mol. The molecule has 9 nitrogen and oxygen atoms in total. The summed E-state index contributed by atoms with van der Waals surface area (Å²) in [6.07, 6.45) is 0.435. The van der Waals surface area contributed by atoms with E-state index in [0.29, 0.717) is 0 Å². The van der Waals surface area contributed by atoms with Crippen LogP contribution >= 0.6 is 0 Å². The van der Waals surface area contributed by atoms with Crippen molar-refractivity contribution in [3.05, 3.63) is 0 Å². The second-order valence-corrected chi connectivity index (χ2v) is 12.6. The van der Waals surface area contributed by atoms with Crippen molar-refractivity contribution in [3.8, 4) is 0 Å². The summed E-state index contributed by atoms with van der Waals surface area (Å²) >= 11 is 0. The molecule has 188 valence electrons. The van der Waals surface area contributed by atoms with Crippen LogP contribution in [-0.4, -0.2) is 91.7 Å². The summed E-state index contributed by atoms with van der Waals surface area (Å²) < 4.78 is 4.24. The summed E-state index contributed by atoms with van der Waals surface area (Å²) in [6.45, 7) is 16.5. The van der Waals surface area contributed by atoms with Crippen molar-refractivity contribution in [2.75, 3.05) is 19.6 Å². The van der Waals surface area contributed by atoms with Gasteiger partial charge < -0.3 is 29.0 Å². The zero-order chi connectivity index (χ0) is 25.7. The molecule has 3 unspecified atom stereocenters. The summed E-state index contributed by atoms with van der Waals surface area (Å²) in [4.78, 5) is 40.5. The van der Waals surface area contributed by atoms with Crippen LogP contribution in [0.15, 0.2) is 0 Å². The van der Waals surface area contributed by atoms with Gasteiger partial charge in [0.2, 0.25) is 17.7 Å². The molecule has 0 aliphatic heterocycles. The van der Waals surface area contributed by atoms with Crippen LogP contribution in [0.1, 0.15) is 81.6 Å². The van der Waals surface area contributed by atoms with E-state index in [1.807, 2.05) is 0 Å². The predicted octanol–water partition coefficient (Wildman–Crippen LogP) is 1.58. The Morgan fingerprint density at radius 3 is 0.906 bits per heavy atom. The minimum Gasteiger partial charge on any atom is -0.380 e. The van der Waals surface area contributed by atoms with Crippen molar-refractivity contribution in [1.29, 1.82) is 0 Å². The van der Waals surface area contributed by atoms with E-state index in [0.717, 1.165) is 0 Å². The molecule has 0 fully saturated rings. The van der Waals surface area contributed by atoms with Gasteiger partial charge >= 0.3 is 8.56 Å². The van der Waals surface area contributed by atoms with E-state index in [-0.39, 0.29) is 38.9 Å². The molecule has 0 aromatic heterocycles. The average molecular weight is 476 g/mol. The van der Waals surface area contributed by atoms with E-state index in [1.54, 1.807) is 48.1 Å². The normalized spacial score (nSPS) is 19.0. The third-order valence-corrected chi connectivity index (χ3v) is 11.3. The molecule has 0 aromatic carbocycles. The number of hydrogen-bond donors (Lipinski definition) is 3. The minimum atomic E-state index is -3.73. The van der Waals surface area contributed by atoms with E-state index in [4.69, 9.17) is 0 Å². The number of aliphatic hydroxyl groups is 3. The largest absolute Gasteiger partial charge is 0.383 e. The molecule has 0 aromatic rings. The fourth-order valence-corrected chi connectivity index (χ4v) is 8.22. The molecule has 0 aliphatic rings. The van der Waals surface area contributed by atoms with E-state index in [1.165, 1.54) is 34.5 Å². The maximum absolute atomic E-state index is 13.5. The molecule has 0 spiro atoms. The summed E-state index contributed by atoms with van der Waals surface area (Å²) in [6, 6.07) is 0. The van der Waals surface area contributed by atoms with Crippen LogP contribution in [-0.2, 0) is 14.4 Å². The van der Waals surface area contributed by atoms with Crippen molar-refractivity contribution in [3.63, 3.8) is 0 Å². The molecule has 0 rings (SSSR count). The number of likely N-dealkylation sites (N-methyl/N-ethyl adjacent to an activating group) is 3. The molecule has 0 saturated heterocycles. The molecular formula is C22H45N3O6Si. The van der Waals surface area contributed by atoms with Crippen LogP contribution in [0.4, 0.5) is 0 Å². The minimum absolute atomic E-state index is 0.133. The Morgan fingerprint density at radius 1 is 0.594 bits per heavy atom. The van der Waals surface area contributed by atoms with Gasteiger partial charge in [0.25, 0.3) is 0 Å². The van der Waals surface area contributed by atoms with E-state index < -0.39 is 43.1 Å². The fraction of sp³-hybridized carbons (Fsp3) is 0.864. The molecule has 0 radical (unpaired) electrons. The quantitative estimate of drug-likeness (QED) is 0.369. The first kappa shape index (κ1) is 30.5.